The van der Waals surface area contributed by atoms with Crippen LogP contribution in [0, 0.1) is 6.92 Å². The number of hydrogen-bond donors (Lipinski definition) is 1. The first-order chi connectivity index (χ1) is 14.8. The lowest BCUT2D eigenvalue weighted by atomic mass is 9.99. The second-order valence-electron chi connectivity index (χ2n) is 9.17. The number of imide groups is 2. The number of nitrogens with two attached hydrogens (primary N) is 1. The van der Waals surface area contributed by atoms with E-state index < -0.39 is 29.6 Å². The highest BCUT2D eigenvalue weighted by Crippen LogP contribution is 2.50. The summed E-state index contributed by atoms with van der Waals surface area (Å²) in [5.41, 5.74) is 6.09. The van der Waals surface area contributed by atoms with Gasteiger partial charge in [-0.2, -0.15) is 0 Å². The van der Waals surface area contributed by atoms with Crippen LogP contribution in [0.2, 0.25) is 0 Å². The number of hydrogen-bond acceptors (Lipinski definition) is 6. The number of rotatable bonds is 2. The number of pyridine rings is 1. The lowest BCUT2D eigenvalue weighted by molar-refractivity contribution is -0.146. The molecular weight excluding hydrogens is 398 g/mol. The zero-order chi connectivity index (χ0) is 21.9. The molecule has 9 nitrogen and oxygen atoms in total. The van der Waals surface area contributed by atoms with E-state index in [1.807, 2.05) is 6.92 Å². The van der Waals surface area contributed by atoms with E-state index in [1.54, 1.807) is 17.0 Å². The summed E-state index contributed by atoms with van der Waals surface area (Å²) in [5.74, 6) is -1.06. The van der Waals surface area contributed by atoms with E-state index in [1.165, 1.54) is 6.20 Å². The SMILES string of the molecule is Cc1ccc(N2C(=O)N(C(=O)[C@@H]3CC[C@@H]4CCCC[C@H](N)C(=O)N43)C3(CC3)C2=O)cn1. The first-order valence-electron chi connectivity index (χ1n) is 11.1. The van der Waals surface area contributed by atoms with Crippen molar-refractivity contribution in [3.63, 3.8) is 0 Å². The number of aromatic nitrogens is 1. The quantitative estimate of drug-likeness (QED) is 0.718. The molecule has 5 rings (SSSR count). The highest BCUT2D eigenvalue weighted by Gasteiger charge is 2.68. The van der Waals surface area contributed by atoms with Crippen LogP contribution in [0.1, 0.15) is 57.1 Å². The van der Waals surface area contributed by atoms with Crippen LogP contribution in [0.15, 0.2) is 18.3 Å². The topological polar surface area (TPSA) is 117 Å². The van der Waals surface area contributed by atoms with Crippen molar-refractivity contribution >= 4 is 29.4 Å². The second-order valence-corrected chi connectivity index (χ2v) is 9.17. The summed E-state index contributed by atoms with van der Waals surface area (Å²) in [6.07, 6.45) is 6.86. The minimum Gasteiger partial charge on any atom is -0.326 e. The Hall–Kier alpha value is -2.81. The van der Waals surface area contributed by atoms with Gasteiger partial charge in [0.25, 0.3) is 11.8 Å². The number of urea groups is 1. The molecule has 1 aromatic heterocycles. The molecular formula is C22H27N5O4. The smallest absolute Gasteiger partial charge is 0.326 e. The van der Waals surface area contributed by atoms with Gasteiger partial charge in [-0.25, -0.2) is 14.6 Å². The predicted octanol–water partition coefficient (Wildman–Crippen LogP) is 1.48. The Balaban J connectivity index is 1.46. The van der Waals surface area contributed by atoms with E-state index in [-0.39, 0.29) is 17.9 Å². The van der Waals surface area contributed by atoms with E-state index in [0.717, 1.165) is 34.8 Å². The second kappa shape index (κ2) is 7.12. The molecule has 1 saturated carbocycles. The summed E-state index contributed by atoms with van der Waals surface area (Å²) in [4.78, 5) is 61.2. The van der Waals surface area contributed by atoms with Gasteiger partial charge in [0.2, 0.25) is 5.91 Å². The Kier molecular flexibility index (Phi) is 4.62. The minimum absolute atomic E-state index is 0.0336. The molecule has 164 valence electrons. The number of nitrogens with zero attached hydrogens (tertiary/aromatic N) is 4. The summed E-state index contributed by atoms with van der Waals surface area (Å²) in [5, 5.41) is 0. The Morgan fingerprint density at radius 2 is 1.84 bits per heavy atom. The largest absolute Gasteiger partial charge is 0.339 e. The molecule has 9 heteroatoms. The third kappa shape index (κ3) is 2.97. The fourth-order valence-corrected chi connectivity index (χ4v) is 5.31. The predicted molar refractivity (Wildman–Crippen MR) is 111 cm³/mol. The Morgan fingerprint density at radius 3 is 2.52 bits per heavy atom. The number of anilines is 1. The van der Waals surface area contributed by atoms with E-state index >= 15 is 0 Å². The van der Waals surface area contributed by atoms with Crippen molar-refractivity contribution in [1.82, 2.24) is 14.8 Å². The molecule has 31 heavy (non-hydrogen) atoms. The van der Waals surface area contributed by atoms with Crippen molar-refractivity contribution in [2.45, 2.75) is 82.0 Å². The first kappa shape index (κ1) is 20.1. The normalized spacial score (nSPS) is 29.9. The summed E-state index contributed by atoms with van der Waals surface area (Å²) < 4.78 is 0. The van der Waals surface area contributed by atoms with E-state index in [9.17, 15) is 19.2 Å². The molecule has 0 unspecified atom stereocenters. The Labute approximate surface area is 180 Å². The molecule has 3 aliphatic heterocycles. The number of carbonyl (C=O) groups excluding carboxylic acids is 4. The van der Waals surface area contributed by atoms with E-state index in [0.29, 0.717) is 37.8 Å². The van der Waals surface area contributed by atoms with Crippen LogP contribution in [0.3, 0.4) is 0 Å². The van der Waals surface area contributed by atoms with Gasteiger partial charge in [-0.3, -0.25) is 19.4 Å². The van der Waals surface area contributed by atoms with Gasteiger partial charge in [-0.15, -0.1) is 0 Å². The Bertz CT molecular complexity index is 957. The van der Waals surface area contributed by atoms with E-state index in [2.05, 4.69) is 4.98 Å². The average molecular weight is 425 g/mol. The van der Waals surface area contributed by atoms with Crippen LogP contribution in [0.25, 0.3) is 0 Å². The molecule has 0 radical (unpaired) electrons. The number of carbonyl (C=O) groups is 4. The van der Waals surface area contributed by atoms with Gasteiger partial charge < -0.3 is 10.6 Å². The molecule has 1 aliphatic carbocycles. The zero-order valence-electron chi connectivity index (χ0n) is 17.6. The first-order valence-corrected chi connectivity index (χ1v) is 11.1. The lowest BCUT2D eigenvalue weighted by Gasteiger charge is -2.35. The number of amides is 5. The van der Waals surface area contributed by atoms with Gasteiger partial charge in [0, 0.05) is 11.7 Å². The molecule has 0 bridgehead atoms. The van der Waals surface area contributed by atoms with Crippen molar-refractivity contribution in [3.05, 3.63) is 24.0 Å². The molecule has 3 atom stereocenters. The number of aryl methyl sites for hydroxylation is 1. The molecule has 0 aromatic carbocycles. The summed E-state index contributed by atoms with van der Waals surface area (Å²) >= 11 is 0. The lowest BCUT2D eigenvalue weighted by Crippen LogP contribution is -2.57. The van der Waals surface area contributed by atoms with Crippen LogP contribution in [0.5, 0.6) is 0 Å². The van der Waals surface area contributed by atoms with Crippen LogP contribution in [-0.2, 0) is 14.4 Å². The van der Waals surface area contributed by atoms with Gasteiger partial charge >= 0.3 is 6.03 Å². The Morgan fingerprint density at radius 1 is 1.10 bits per heavy atom. The summed E-state index contributed by atoms with van der Waals surface area (Å²) in [6, 6.07) is 1.33. The molecule has 5 amide bonds. The molecule has 4 aliphatic rings. The molecule has 4 heterocycles. The summed E-state index contributed by atoms with van der Waals surface area (Å²) in [6.45, 7) is 1.82. The molecule has 2 N–H and O–H groups in total. The van der Waals surface area contributed by atoms with Crippen LogP contribution in [-0.4, -0.2) is 62.2 Å². The monoisotopic (exact) mass is 425 g/mol. The molecule has 3 saturated heterocycles. The van der Waals surface area contributed by atoms with Gasteiger partial charge in [0.15, 0.2) is 0 Å². The average Bonchev–Trinajstić information content (AvgIpc) is 3.38. The minimum atomic E-state index is -1.12. The van der Waals surface area contributed by atoms with Crippen LogP contribution < -0.4 is 10.6 Å². The van der Waals surface area contributed by atoms with Crippen LogP contribution in [0.4, 0.5) is 10.5 Å². The van der Waals surface area contributed by atoms with Crippen LogP contribution >= 0.6 is 0 Å². The number of fused-ring (bicyclic) bond motifs is 1. The van der Waals surface area contributed by atoms with E-state index in [4.69, 9.17) is 5.73 Å². The third-order valence-corrected chi connectivity index (χ3v) is 7.17. The molecule has 4 fully saturated rings. The van der Waals surface area contributed by atoms with Gasteiger partial charge in [0.05, 0.1) is 17.9 Å². The zero-order valence-corrected chi connectivity index (χ0v) is 17.6. The summed E-state index contributed by atoms with van der Waals surface area (Å²) in [7, 11) is 0. The van der Waals surface area contributed by atoms with Gasteiger partial charge in [0.1, 0.15) is 11.6 Å². The van der Waals surface area contributed by atoms with Crippen molar-refractivity contribution in [2.24, 2.45) is 5.73 Å². The maximum absolute atomic E-state index is 13.7. The highest BCUT2D eigenvalue weighted by molar-refractivity contribution is 6.29. The van der Waals surface area contributed by atoms with Crippen molar-refractivity contribution in [2.75, 3.05) is 4.90 Å². The highest BCUT2D eigenvalue weighted by atomic mass is 16.2. The maximum Gasteiger partial charge on any atom is 0.339 e. The fourth-order valence-electron chi connectivity index (χ4n) is 5.31. The van der Waals surface area contributed by atoms with Crippen molar-refractivity contribution in [3.8, 4) is 0 Å². The maximum atomic E-state index is 13.7. The standard InChI is InChI=1S/C22H27N5O4/c1-13-6-7-15(12-24-13)26-20(30)22(10-11-22)27(21(26)31)19(29)17-9-8-14-4-2-3-5-16(23)18(28)25(14)17/h6-7,12,14,16-17H,2-5,8-11,23H2,1H3/t14-,16-,17-/m0/s1. The van der Waals surface area contributed by atoms with Gasteiger partial charge in [-0.1, -0.05) is 12.8 Å². The molecule has 1 spiro atoms. The van der Waals surface area contributed by atoms with Crippen molar-refractivity contribution in [1.29, 1.82) is 0 Å². The van der Waals surface area contributed by atoms with Gasteiger partial charge in [-0.05, 0) is 57.6 Å². The third-order valence-electron chi connectivity index (χ3n) is 7.17. The fraction of sp³-hybridized carbons (Fsp3) is 0.591. The van der Waals surface area contributed by atoms with Crippen molar-refractivity contribution < 1.29 is 19.2 Å². The molecule has 1 aromatic rings.